The minimum absolute atomic E-state index is 0.247. The summed E-state index contributed by atoms with van der Waals surface area (Å²) in [5.74, 6) is -4.39. The van der Waals surface area contributed by atoms with Crippen LogP contribution in [0.1, 0.15) is 22.4 Å². The van der Waals surface area contributed by atoms with Gasteiger partial charge in [-0.25, -0.2) is 0 Å². The summed E-state index contributed by atoms with van der Waals surface area (Å²) in [6.07, 6.45) is 4.46. The Balaban J connectivity index is 0.924. The van der Waals surface area contributed by atoms with Gasteiger partial charge >= 0.3 is 0 Å². The van der Waals surface area contributed by atoms with Crippen LogP contribution in [0.3, 0.4) is 0 Å². The Bertz CT molecular complexity index is 3750. The molecule has 0 unspecified atom stereocenters. The average Bonchev–Trinajstić information content (AvgIpc) is 3.94. The Labute approximate surface area is 395 Å². The van der Waals surface area contributed by atoms with E-state index in [2.05, 4.69) is 163 Å². The third-order valence-corrected chi connectivity index (χ3v) is 14.5. The van der Waals surface area contributed by atoms with E-state index >= 15 is 0 Å². The summed E-state index contributed by atoms with van der Waals surface area (Å²) in [5.41, 5.74) is 14.5. The van der Waals surface area contributed by atoms with Gasteiger partial charge in [-0.2, -0.15) is 0 Å². The predicted molar refractivity (Wildman–Crippen MR) is 277 cm³/mol. The van der Waals surface area contributed by atoms with Crippen molar-refractivity contribution in [2.24, 2.45) is 0 Å². The van der Waals surface area contributed by atoms with Crippen molar-refractivity contribution in [3.8, 4) is 67.8 Å². The number of hydrogen-bond acceptors (Lipinski definition) is 7. The number of aryl methyl sites for hydroxylation is 1. The van der Waals surface area contributed by atoms with E-state index in [0.29, 0.717) is 11.0 Å². The molecule has 9 aromatic carbocycles. The first-order valence-corrected chi connectivity index (χ1v) is 23.3. The number of aromatic nitrogens is 1. The van der Waals surface area contributed by atoms with E-state index in [1.807, 2.05) is 53.8 Å². The molecule has 1 aliphatic rings. The zero-order valence-electron chi connectivity index (χ0n) is 36.5. The molecule has 0 bridgehead atoms. The minimum atomic E-state index is -1.00. The number of phenols is 5. The molecule has 0 aliphatic heterocycles. The van der Waals surface area contributed by atoms with Gasteiger partial charge in [0.15, 0.2) is 11.5 Å². The number of allylic oxidation sites excluding steroid dienone is 1. The van der Waals surface area contributed by atoms with Gasteiger partial charge in [0.2, 0.25) is 17.2 Å². The molecule has 328 valence electrons. The van der Waals surface area contributed by atoms with Crippen LogP contribution in [0.25, 0.3) is 76.5 Å². The van der Waals surface area contributed by atoms with E-state index in [9.17, 15) is 25.5 Å². The van der Waals surface area contributed by atoms with E-state index in [1.54, 1.807) is 4.57 Å². The second-order valence-corrected chi connectivity index (χ2v) is 18.2. The Kier molecular flexibility index (Phi) is 9.78. The Morgan fingerprint density at radius 1 is 0.397 bits per heavy atom. The number of fused-ring (bicyclic) bond motifs is 6. The van der Waals surface area contributed by atoms with Crippen LogP contribution >= 0.6 is 11.3 Å². The van der Waals surface area contributed by atoms with Crippen LogP contribution in [0.4, 0.5) is 17.1 Å². The number of rotatable bonds is 8. The molecule has 0 fully saturated rings. The van der Waals surface area contributed by atoms with Crippen LogP contribution in [0.2, 0.25) is 0 Å². The smallest absolute Gasteiger partial charge is 0.208 e. The molecular formula is C60H42N2O5S. The normalized spacial score (nSPS) is 12.4. The molecule has 1 aliphatic carbocycles. The number of aromatic hydroxyl groups is 5. The van der Waals surface area contributed by atoms with E-state index in [0.717, 1.165) is 62.9 Å². The first-order chi connectivity index (χ1) is 33.3. The van der Waals surface area contributed by atoms with Gasteiger partial charge < -0.3 is 35.0 Å². The van der Waals surface area contributed by atoms with Gasteiger partial charge in [0.25, 0.3) is 0 Å². The maximum atomic E-state index is 11.0. The molecule has 12 rings (SSSR count). The van der Waals surface area contributed by atoms with Crippen LogP contribution in [0.15, 0.2) is 200 Å². The topological polar surface area (TPSA) is 109 Å². The standard InChI is InChI=1S/C60H42N2O5S/c63-55-54(56(64)58(66)59(67)57(55)65)62-51-18-6-4-14-47(51)50-35-42(26-33-52(50)62)38-22-29-44(30-23-38)61(43-27-20-37(21-28-43)41-13-8-12-40(34-41)36-10-2-1-3-11-36)45-31-24-39(25-32-45)46-16-9-17-49-48-15-5-7-19-53(48)68-60(46)49/h1-8,10-16,18-35,63-67H,9,17H2. The van der Waals surface area contributed by atoms with Crippen LogP contribution in [0, 0.1) is 0 Å². The van der Waals surface area contributed by atoms with Crippen molar-refractivity contribution in [2.75, 3.05) is 4.90 Å². The molecule has 68 heavy (non-hydrogen) atoms. The highest BCUT2D eigenvalue weighted by Crippen LogP contribution is 2.54. The Hall–Kier alpha value is -8.72. The number of hydrogen-bond donors (Lipinski definition) is 5. The SMILES string of the molecule is Oc1c(O)c(O)c(-n2c3ccccc3c3cc(-c4ccc(N(c5ccc(C6=CCCc7c6sc6ccccc76)cc5)c5ccc(-c6cccc(-c7ccccc7)c6)cc5)cc4)ccc32)c(O)c1O. The van der Waals surface area contributed by atoms with Crippen molar-refractivity contribution < 1.29 is 25.5 Å². The van der Waals surface area contributed by atoms with E-state index < -0.39 is 28.7 Å². The molecule has 0 saturated heterocycles. The molecule has 8 heteroatoms. The molecule has 0 saturated carbocycles. The molecule has 0 atom stereocenters. The van der Waals surface area contributed by atoms with Crippen molar-refractivity contribution in [1.82, 2.24) is 4.57 Å². The Morgan fingerprint density at radius 3 is 1.53 bits per heavy atom. The van der Waals surface area contributed by atoms with Gasteiger partial charge in [-0.15, -0.1) is 11.3 Å². The lowest BCUT2D eigenvalue weighted by Gasteiger charge is -2.26. The molecule has 0 amide bonds. The van der Waals surface area contributed by atoms with Gasteiger partial charge in [0.1, 0.15) is 5.69 Å². The number of anilines is 3. The summed E-state index contributed by atoms with van der Waals surface area (Å²) in [5, 5.41) is 56.1. The monoisotopic (exact) mass is 902 g/mol. The first-order valence-electron chi connectivity index (χ1n) is 22.5. The highest BCUT2D eigenvalue weighted by molar-refractivity contribution is 7.20. The number of nitrogens with zero attached hydrogens (tertiary/aromatic N) is 2. The number of thiophene rings is 1. The largest absolute Gasteiger partial charge is 0.503 e. The summed E-state index contributed by atoms with van der Waals surface area (Å²) in [4.78, 5) is 3.65. The number of benzene rings is 9. The van der Waals surface area contributed by atoms with Gasteiger partial charge in [-0.1, -0.05) is 133 Å². The maximum Gasteiger partial charge on any atom is 0.208 e. The van der Waals surface area contributed by atoms with Gasteiger partial charge in [-0.05, 0) is 135 Å². The van der Waals surface area contributed by atoms with Crippen molar-refractivity contribution in [1.29, 1.82) is 0 Å². The summed E-state index contributed by atoms with van der Waals surface area (Å²) >= 11 is 1.88. The molecule has 11 aromatic rings. The van der Waals surface area contributed by atoms with Crippen LogP contribution < -0.4 is 4.90 Å². The van der Waals surface area contributed by atoms with Crippen LogP contribution in [-0.2, 0) is 6.42 Å². The molecule has 0 spiro atoms. The maximum absolute atomic E-state index is 11.0. The third kappa shape index (κ3) is 6.72. The van der Waals surface area contributed by atoms with Gasteiger partial charge in [-0.3, -0.25) is 0 Å². The molecule has 2 heterocycles. The van der Waals surface area contributed by atoms with Gasteiger partial charge in [0, 0.05) is 37.4 Å². The minimum Gasteiger partial charge on any atom is -0.503 e. The fourth-order valence-electron chi connectivity index (χ4n) is 9.90. The second-order valence-electron chi connectivity index (χ2n) is 17.2. The van der Waals surface area contributed by atoms with E-state index in [1.165, 1.54) is 42.8 Å². The zero-order valence-corrected chi connectivity index (χ0v) is 37.3. The fourth-order valence-corrected chi connectivity index (χ4v) is 11.2. The van der Waals surface area contributed by atoms with Crippen LogP contribution in [-0.4, -0.2) is 30.1 Å². The highest BCUT2D eigenvalue weighted by atomic mass is 32.1. The Morgan fingerprint density at radius 2 is 0.882 bits per heavy atom. The predicted octanol–water partition coefficient (Wildman–Crippen LogP) is 15.4. The lowest BCUT2D eigenvalue weighted by molar-refractivity contribution is 0.327. The molecular weight excluding hydrogens is 861 g/mol. The number of para-hydroxylation sites is 1. The van der Waals surface area contributed by atoms with Crippen LogP contribution in [0.5, 0.6) is 28.7 Å². The summed E-state index contributed by atoms with van der Waals surface area (Å²) in [6.45, 7) is 0. The van der Waals surface area contributed by atoms with Crippen molar-refractivity contribution in [3.63, 3.8) is 0 Å². The quantitative estimate of drug-likeness (QED) is 0.0768. The molecule has 2 aromatic heterocycles. The van der Waals surface area contributed by atoms with Crippen molar-refractivity contribution in [3.05, 3.63) is 216 Å². The van der Waals surface area contributed by atoms with Crippen molar-refractivity contribution in [2.45, 2.75) is 12.8 Å². The zero-order chi connectivity index (χ0) is 46.0. The average molecular weight is 903 g/mol. The summed E-state index contributed by atoms with van der Waals surface area (Å²) < 4.78 is 2.90. The second kappa shape index (κ2) is 16.3. The first kappa shape index (κ1) is 40.8. The van der Waals surface area contributed by atoms with Crippen molar-refractivity contribution >= 4 is 65.9 Å². The lowest BCUT2D eigenvalue weighted by Crippen LogP contribution is -2.10. The fraction of sp³-hybridized carbons (Fsp3) is 0.0333. The molecule has 7 nitrogen and oxygen atoms in total. The number of phenolic OH excluding ortho intramolecular Hbond substituents is 5. The van der Waals surface area contributed by atoms with E-state index in [4.69, 9.17) is 0 Å². The lowest BCUT2D eigenvalue weighted by atomic mass is 9.91. The summed E-state index contributed by atoms with van der Waals surface area (Å²) in [6, 6.07) is 67.4. The molecule has 0 radical (unpaired) electrons. The summed E-state index contributed by atoms with van der Waals surface area (Å²) in [7, 11) is 0. The van der Waals surface area contributed by atoms with E-state index in [-0.39, 0.29) is 5.69 Å². The highest BCUT2D eigenvalue weighted by Gasteiger charge is 2.27. The van der Waals surface area contributed by atoms with Gasteiger partial charge in [0.05, 0.1) is 11.0 Å². The third-order valence-electron chi connectivity index (χ3n) is 13.3. The molecule has 5 N–H and O–H groups in total.